The highest BCUT2D eigenvalue weighted by Gasteiger charge is 2.32. The quantitative estimate of drug-likeness (QED) is 0.658. The number of hydrogen-bond donors (Lipinski definition) is 2. The Labute approximate surface area is 142 Å². The number of benzene rings is 1. The summed E-state index contributed by atoms with van der Waals surface area (Å²) in [5.41, 5.74) is 2.95. The van der Waals surface area contributed by atoms with E-state index in [1.54, 1.807) is 6.92 Å². The third-order valence-corrected chi connectivity index (χ3v) is 3.93. The molecule has 0 radical (unpaired) electrons. The van der Waals surface area contributed by atoms with Gasteiger partial charge in [0.05, 0.1) is 11.6 Å². The first-order valence-corrected chi connectivity index (χ1v) is 7.90. The molecule has 1 heterocycles. The van der Waals surface area contributed by atoms with Gasteiger partial charge in [-0.2, -0.15) is 0 Å². The Morgan fingerprint density at radius 3 is 2.46 bits per heavy atom. The van der Waals surface area contributed by atoms with Crippen LogP contribution < -0.4 is 10.6 Å². The molecule has 1 unspecified atom stereocenters. The van der Waals surface area contributed by atoms with Crippen LogP contribution in [0.5, 0.6) is 0 Å². The van der Waals surface area contributed by atoms with Crippen LogP contribution in [-0.4, -0.2) is 18.6 Å². The molecule has 1 aliphatic rings. The maximum absolute atomic E-state index is 12.4. The summed E-state index contributed by atoms with van der Waals surface area (Å²) in [5, 5.41) is 5.42. The molecule has 5 nitrogen and oxygen atoms in total. The smallest absolute Gasteiger partial charge is 0.338 e. The molecule has 0 bridgehead atoms. The van der Waals surface area contributed by atoms with Crippen molar-refractivity contribution in [2.45, 2.75) is 39.2 Å². The second kappa shape index (κ2) is 6.91. The third kappa shape index (κ3) is 3.85. The lowest BCUT2D eigenvalue weighted by Crippen LogP contribution is -2.45. The van der Waals surface area contributed by atoms with E-state index in [4.69, 9.17) is 4.74 Å². The van der Waals surface area contributed by atoms with Crippen molar-refractivity contribution in [3.8, 4) is 0 Å². The lowest BCUT2D eigenvalue weighted by molar-refractivity contribution is -0.138. The van der Waals surface area contributed by atoms with Crippen molar-refractivity contribution in [3.63, 3.8) is 0 Å². The van der Waals surface area contributed by atoms with Crippen molar-refractivity contribution in [2.75, 3.05) is 6.61 Å². The fourth-order valence-corrected chi connectivity index (χ4v) is 2.60. The van der Waals surface area contributed by atoms with E-state index >= 15 is 0 Å². The van der Waals surface area contributed by atoms with Gasteiger partial charge in [0.15, 0.2) is 0 Å². The van der Waals surface area contributed by atoms with Gasteiger partial charge in [-0.05, 0) is 23.5 Å². The molecule has 0 aliphatic carbocycles. The van der Waals surface area contributed by atoms with Gasteiger partial charge >= 0.3 is 12.0 Å². The van der Waals surface area contributed by atoms with E-state index in [1.165, 1.54) is 11.6 Å². The zero-order valence-corrected chi connectivity index (χ0v) is 14.6. The van der Waals surface area contributed by atoms with Crippen molar-refractivity contribution >= 4 is 12.0 Å². The first-order valence-electron chi connectivity index (χ1n) is 7.90. The van der Waals surface area contributed by atoms with E-state index in [0.717, 1.165) is 5.56 Å². The van der Waals surface area contributed by atoms with Gasteiger partial charge in [-0.25, -0.2) is 9.59 Å². The van der Waals surface area contributed by atoms with E-state index < -0.39 is 12.0 Å². The zero-order chi connectivity index (χ0) is 17.9. The number of amides is 2. The maximum atomic E-state index is 12.4. The fourth-order valence-electron chi connectivity index (χ4n) is 2.60. The molecular weight excluding hydrogens is 304 g/mol. The van der Waals surface area contributed by atoms with Gasteiger partial charge in [0.2, 0.25) is 0 Å². The minimum absolute atomic E-state index is 0.0351. The Morgan fingerprint density at radius 1 is 1.29 bits per heavy atom. The van der Waals surface area contributed by atoms with Gasteiger partial charge in [-0.3, -0.25) is 0 Å². The Bertz CT molecular complexity index is 682. The summed E-state index contributed by atoms with van der Waals surface area (Å²) in [5.74, 6) is -0.468. The molecule has 128 valence electrons. The molecule has 0 aromatic heterocycles. The number of rotatable bonds is 4. The lowest BCUT2D eigenvalue weighted by Gasteiger charge is -2.28. The van der Waals surface area contributed by atoms with Crippen LogP contribution in [0.3, 0.4) is 0 Å². The summed E-state index contributed by atoms with van der Waals surface area (Å²) in [6.45, 7) is 11.8. The Kier molecular flexibility index (Phi) is 5.12. The topological polar surface area (TPSA) is 67.4 Å². The summed E-state index contributed by atoms with van der Waals surface area (Å²) in [6.07, 6.45) is 1.51. The SMILES string of the molecule is C=CCOC(=O)C1=C(C)NC(=O)NC1c1ccc(C(C)(C)C)cc1. The molecule has 2 rings (SSSR count). The summed E-state index contributed by atoms with van der Waals surface area (Å²) in [4.78, 5) is 24.2. The average molecular weight is 328 g/mol. The van der Waals surface area contributed by atoms with Gasteiger partial charge in [-0.15, -0.1) is 0 Å². The van der Waals surface area contributed by atoms with Crippen LogP contribution >= 0.6 is 0 Å². The number of ether oxygens (including phenoxy) is 1. The Morgan fingerprint density at radius 2 is 1.92 bits per heavy atom. The van der Waals surface area contributed by atoms with Crippen LogP contribution in [0.1, 0.15) is 44.9 Å². The van der Waals surface area contributed by atoms with Gasteiger partial charge in [0, 0.05) is 5.70 Å². The fraction of sp³-hybridized carbons (Fsp3) is 0.368. The van der Waals surface area contributed by atoms with E-state index in [9.17, 15) is 9.59 Å². The third-order valence-electron chi connectivity index (χ3n) is 3.93. The highest BCUT2D eigenvalue weighted by Crippen LogP contribution is 2.30. The molecule has 0 saturated carbocycles. The molecule has 1 aliphatic heterocycles. The highest BCUT2D eigenvalue weighted by atomic mass is 16.5. The minimum atomic E-state index is -0.537. The minimum Gasteiger partial charge on any atom is -0.458 e. The summed E-state index contributed by atoms with van der Waals surface area (Å²) in [6, 6.07) is 7.04. The van der Waals surface area contributed by atoms with Crippen LogP contribution in [0, 0.1) is 0 Å². The number of allylic oxidation sites excluding steroid dienone is 1. The molecule has 0 spiro atoms. The second-order valence-electron chi connectivity index (χ2n) is 6.83. The van der Waals surface area contributed by atoms with Gasteiger partial charge in [-0.1, -0.05) is 57.7 Å². The Hall–Kier alpha value is -2.56. The summed E-state index contributed by atoms with van der Waals surface area (Å²) >= 11 is 0. The predicted octanol–water partition coefficient (Wildman–Crippen LogP) is 3.34. The van der Waals surface area contributed by atoms with Crippen LogP contribution in [-0.2, 0) is 14.9 Å². The largest absolute Gasteiger partial charge is 0.458 e. The van der Waals surface area contributed by atoms with E-state index in [2.05, 4.69) is 38.0 Å². The van der Waals surface area contributed by atoms with E-state index in [0.29, 0.717) is 11.3 Å². The molecule has 0 saturated heterocycles. The maximum Gasteiger partial charge on any atom is 0.338 e. The molecule has 2 amide bonds. The summed E-state index contributed by atoms with van der Waals surface area (Å²) in [7, 11) is 0. The standard InChI is InChI=1S/C19H24N2O3/c1-6-11-24-17(22)15-12(2)20-18(23)21-16(15)13-7-9-14(10-8-13)19(3,4)5/h6-10,16H,1,11H2,2-5H3,(H2,20,21,23). The van der Waals surface area contributed by atoms with Gasteiger partial charge in [0.25, 0.3) is 0 Å². The summed E-state index contributed by atoms with van der Waals surface area (Å²) < 4.78 is 5.16. The van der Waals surface area contributed by atoms with Crippen LogP contribution in [0.25, 0.3) is 0 Å². The first-order chi connectivity index (χ1) is 11.2. The number of urea groups is 1. The van der Waals surface area contributed by atoms with Crippen molar-refractivity contribution in [1.82, 2.24) is 10.6 Å². The van der Waals surface area contributed by atoms with Crippen LogP contribution in [0.15, 0.2) is 48.2 Å². The number of nitrogens with one attached hydrogen (secondary N) is 2. The first kappa shape index (κ1) is 17.8. The molecule has 5 heteroatoms. The lowest BCUT2D eigenvalue weighted by atomic mass is 9.85. The zero-order valence-electron chi connectivity index (χ0n) is 14.6. The predicted molar refractivity (Wildman–Crippen MR) is 93.4 cm³/mol. The molecule has 24 heavy (non-hydrogen) atoms. The van der Waals surface area contributed by atoms with Crippen molar-refractivity contribution in [2.24, 2.45) is 0 Å². The second-order valence-corrected chi connectivity index (χ2v) is 6.83. The average Bonchev–Trinajstić information content (AvgIpc) is 2.51. The van der Waals surface area contributed by atoms with Crippen LogP contribution in [0.2, 0.25) is 0 Å². The van der Waals surface area contributed by atoms with Gasteiger partial charge < -0.3 is 15.4 Å². The number of carbonyl (C=O) groups excluding carboxylic acids is 2. The van der Waals surface area contributed by atoms with Gasteiger partial charge in [0.1, 0.15) is 6.61 Å². The normalized spacial score (nSPS) is 17.8. The molecule has 1 atom stereocenters. The monoisotopic (exact) mass is 328 g/mol. The molecule has 1 aromatic rings. The number of esters is 1. The molecule has 1 aromatic carbocycles. The van der Waals surface area contributed by atoms with E-state index in [1.807, 2.05) is 24.3 Å². The molecule has 0 fully saturated rings. The van der Waals surface area contributed by atoms with Crippen molar-refractivity contribution < 1.29 is 14.3 Å². The highest BCUT2D eigenvalue weighted by molar-refractivity contribution is 5.95. The number of carbonyl (C=O) groups is 2. The van der Waals surface area contributed by atoms with Crippen LogP contribution in [0.4, 0.5) is 4.79 Å². The van der Waals surface area contributed by atoms with Crippen molar-refractivity contribution in [1.29, 1.82) is 0 Å². The molecule has 2 N–H and O–H groups in total. The number of hydrogen-bond acceptors (Lipinski definition) is 3. The van der Waals surface area contributed by atoms with Crippen molar-refractivity contribution in [3.05, 3.63) is 59.3 Å². The molecular formula is C19H24N2O3. The Balaban J connectivity index is 2.37. The van der Waals surface area contributed by atoms with E-state index in [-0.39, 0.29) is 18.1 Å².